The molecule has 0 bridgehead atoms. The van der Waals surface area contributed by atoms with Crippen LogP contribution in [0, 0.1) is 0 Å². The second-order valence-electron chi connectivity index (χ2n) is 17.9. The summed E-state index contributed by atoms with van der Waals surface area (Å²) in [6.07, 6.45) is 0. The van der Waals surface area contributed by atoms with Crippen molar-refractivity contribution in [3.8, 4) is 17.2 Å². The summed E-state index contributed by atoms with van der Waals surface area (Å²) >= 11 is 0. The van der Waals surface area contributed by atoms with Gasteiger partial charge in [0, 0.05) is 5.56 Å². The summed E-state index contributed by atoms with van der Waals surface area (Å²) in [7, 11) is -6.27. The Balaban J connectivity index is 0.000000698. The highest BCUT2D eigenvalue weighted by molar-refractivity contribution is 7.97. The molecule has 0 aliphatic rings. The van der Waals surface area contributed by atoms with E-state index in [4.69, 9.17) is 27.2 Å². The number of benzene rings is 12. The minimum atomic E-state index is -5.84. The van der Waals surface area contributed by atoms with Crippen molar-refractivity contribution in [2.45, 2.75) is 40.0 Å². The molecule has 0 saturated heterocycles. The summed E-state index contributed by atoms with van der Waals surface area (Å²) in [6, 6.07) is 84.2. The van der Waals surface area contributed by atoms with E-state index < -0.39 is 26.5 Å². The number of halogens is 3. The van der Waals surface area contributed by atoms with E-state index in [0.29, 0.717) is 19.8 Å². The lowest BCUT2D eigenvalue weighted by Gasteiger charge is -2.14. The van der Waals surface area contributed by atoms with Crippen molar-refractivity contribution >= 4 is 85.6 Å². The van der Waals surface area contributed by atoms with Gasteiger partial charge in [0.1, 0.15) is 37.1 Å². The Kier molecular flexibility index (Phi) is 13.6. The highest BCUT2D eigenvalue weighted by Gasteiger charge is 2.44. The van der Waals surface area contributed by atoms with Gasteiger partial charge in [-0.3, -0.25) is 4.55 Å². The lowest BCUT2D eigenvalue weighted by atomic mass is 9.97. The fraction of sp³-hybridized carbons (Fsp3) is 0.0625. The molecule has 0 saturated carbocycles. The molecule has 12 aromatic rings. The number of hydrogen-bond acceptors (Lipinski definition) is 5. The van der Waals surface area contributed by atoms with Crippen molar-refractivity contribution < 1.29 is 40.4 Å². The first kappa shape index (κ1) is 48.9. The highest BCUT2D eigenvalue weighted by Crippen LogP contribution is 2.37. The van der Waals surface area contributed by atoms with Gasteiger partial charge in [0.25, 0.3) is 0 Å². The number of fused-ring (bicyclic) bond motifs is 8. The summed E-state index contributed by atoms with van der Waals surface area (Å²) in [4.78, 5) is 3.57. The number of ether oxygens (including phenoxy) is 3. The fourth-order valence-electron chi connectivity index (χ4n) is 9.67. The van der Waals surface area contributed by atoms with Gasteiger partial charge >= 0.3 is 15.6 Å². The first-order chi connectivity index (χ1) is 36.4. The molecule has 11 heteroatoms. The van der Waals surface area contributed by atoms with Crippen LogP contribution in [0.1, 0.15) is 16.7 Å². The average molecular weight is 1030 g/mol. The zero-order valence-corrected chi connectivity index (χ0v) is 41.7. The van der Waals surface area contributed by atoms with Crippen LogP contribution in [0.25, 0.3) is 64.6 Å². The lowest BCUT2D eigenvalue weighted by molar-refractivity contribution is -0.0510. The molecule has 0 radical (unpaired) electrons. The Bertz CT molecular complexity index is 3930. The van der Waals surface area contributed by atoms with Gasteiger partial charge in [0.05, 0.1) is 10.9 Å². The molecule has 370 valence electrons. The molecule has 0 heterocycles. The molecule has 0 aromatic heterocycles. The van der Waals surface area contributed by atoms with E-state index in [1.165, 1.54) is 96.0 Å². The smallest absolute Gasteiger partial charge is 0.489 e. The third-order valence-electron chi connectivity index (χ3n) is 13.2. The molecule has 0 aliphatic carbocycles. The predicted octanol–water partition coefficient (Wildman–Crippen LogP) is 16.8. The van der Waals surface area contributed by atoms with Gasteiger partial charge in [-0.25, -0.2) is 0 Å². The fourth-order valence-corrected chi connectivity index (χ4v) is 11.7. The largest absolute Gasteiger partial charge is 0.522 e. The number of alkyl halides is 3. The normalized spacial score (nSPS) is 11.9. The van der Waals surface area contributed by atoms with Gasteiger partial charge in [0.15, 0.2) is 14.7 Å². The monoisotopic (exact) mass is 1030 g/mol. The van der Waals surface area contributed by atoms with Crippen LogP contribution >= 0.6 is 0 Å². The van der Waals surface area contributed by atoms with Gasteiger partial charge in [-0.2, -0.15) is 21.6 Å². The van der Waals surface area contributed by atoms with E-state index >= 15 is 0 Å². The molecular weight excluding hydrogens is 986 g/mol. The third-order valence-corrected chi connectivity index (χ3v) is 16.0. The molecule has 0 atom stereocenters. The second kappa shape index (κ2) is 20.9. The Morgan fingerprint density at radius 3 is 0.987 bits per heavy atom. The minimum absolute atomic E-state index is 0.432. The molecule has 6 nitrogen and oxygen atoms in total. The first-order valence-corrected chi connectivity index (χ1v) is 26.8. The Labute approximate surface area is 434 Å². The molecule has 12 rings (SSSR count). The maximum Gasteiger partial charge on any atom is 0.522 e. The predicted molar refractivity (Wildman–Crippen MR) is 296 cm³/mol. The van der Waals surface area contributed by atoms with E-state index in [1.54, 1.807) is 0 Å². The molecule has 0 spiro atoms. The van der Waals surface area contributed by atoms with Gasteiger partial charge in [-0.05, 0) is 167 Å². The zero-order chi connectivity index (χ0) is 51.5. The third kappa shape index (κ3) is 10.4. The molecule has 0 amide bonds. The second-order valence-corrected chi connectivity index (χ2v) is 21.3. The number of rotatable bonds is 12. The molecule has 75 heavy (non-hydrogen) atoms. The standard InChI is InChI=1S/C63H45O3S.CHF3O3S/c1-5-17-55-45(15-1)38-47(59-21-9-11-23-61(55)59)40-64-49-25-31-52(32-26-49)67(53-33-27-50(28-34-53)65-41-48-39-46-16-2-6-18-56(46)62-24-12-10-22-60(48)62)54-35-29-51(30-36-54)66-42-63-57-19-7-3-13-43(57)37-44-14-4-8-20-58(44)63;2-1(3,4)8(5,6)7/h1-39H,40-42H2;(H,5,6,7)/q+1;. The highest BCUT2D eigenvalue weighted by atomic mass is 32.2. The maximum atomic E-state index is 10.7. The van der Waals surface area contributed by atoms with E-state index in [9.17, 15) is 13.2 Å². The van der Waals surface area contributed by atoms with Crippen molar-refractivity contribution in [3.05, 3.63) is 253 Å². The van der Waals surface area contributed by atoms with Crippen molar-refractivity contribution in [2.75, 3.05) is 0 Å². The van der Waals surface area contributed by atoms with Gasteiger partial charge < -0.3 is 14.2 Å². The van der Waals surface area contributed by atoms with Crippen molar-refractivity contribution in [2.24, 2.45) is 0 Å². The van der Waals surface area contributed by atoms with Crippen molar-refractivity contribution in [3.63, 3.8) is 0 Å². The van der Waals surface area contributed by atoms with Crippen LogP contribution in [0.15, 0.2) is 251 Å². The van der Waals surface area contributed by atoms with Gasteiger partial charge in [0.2, 0.25) is 0 Å². The van der Waals surface area contributed by atoms with E-state index in [-0.39, 0.29) is 0 Å². The Morgan fingerprint density at radius 2 is 0.640 bits per heavy atom. The Morgan fingerprint density at radius 1 is 0.360 bits per heavy atom. The van der Waals surface area contributed by atoms with Crippen molar-refractivity contribution in [1.29, 1.82) is 0 Å². The van der Waals surface area contributed by atoms with Crippen LogP contribution in [0.4, 0.5) is 13.2 Å². The molecule has 1 N–H and O–H groups in total. The van der Waals surface area contributed by atoms with Gasteiger partial charge in [-0.1, -0.05) is 146 Å². The van der Waals surface area contributed by atoms with E-state index in [0.717, 1.165) is 17.2 Å². The molecule has 0 fully saturated rings. The maximum absolute atomic E-state index is 10.7. The molecular formula is C64H46F3O6S2+. The molecule has 0 unspecified atom stereocenters. The zero-order valence-electron chi connectivity index (χ0n) is 40.1. The summed E-state index contributed by atoms with van der Waals surface area (Å²) in [5, 5.41) is 14.8. The summed E-state index contributed by atoms with van der Waals surface area (Å²) < 4.78 is 77.2. The topological polar surface area (TPSA) is 82.1 Å². The SMILES string of the molecule is O=S(=O)(O)C(F)(F)F.c1ccc2c(COc3ccc([S+](c4ccc(OCc5cc6ccccc6c6ccccc56)cc4)c4ccc(OCc5cc6ccccc6c6ccccc56)cc4)cc3)c3ccccc3cc2c1. The van der Waals surface area contributed by atoms with E-state index in [2.05, 4.69) is 237 Å². The van der Waals surface area contributed by atoms with Crippen molar-refractivity contribution in [1.82, 2.24) is 0 Å². The summed E-state index contributed by atoms with van der Waals surface area (Å²) in [5.74, 6) is 2.50. The Hall–Kier alpha value is -8.35. The summed E-state index contributed by atoms with van der Waals surface area (Å²) in [5.41, 5.74) is -1.99. The lowest BCUT2D eigenvalue weighted by Crippen LogP contribution is -2.21. The minimum Gasteiger partial charge on any atom is -0.489 e. The summed E-state index contributed by atoms with van der Waals surface area (Å²) in [6.45, 7) is 1.42. The van der Waals surface area contributed by atoms with Crippen LogP contribution < -0.4 is 14.2 Å². The average Bonchev–Trinajstić information content (AvgIpc) is 3.43. The van der Waals surface area contributed by atoms with Crippen LogP contribution in [0.5, 0.6) is 17.2 Å². The first-order valence-electron chi connectivity index (χ1n) is 24.1. The molecule has 12 aromatic carbocycles. The number of hydrogen-bond donors (Lipinski definition) is 1. The molecule has 0 aliphatic heterocycles. The quantitative estimate of drug-likeness (QED) is 0.0432. The van der Waals surface area contributed by atoms with Crippen LogP contribution in [0.2, 0.25) is 0 Å². The van der Waals surface area contributed by atoms with Crippen LogP contribution in [0.3, 0.4) is 0 Å². The van der Waals surface area contributed by atoms with Gasteiger partial charge in [-0.15, -0.1) is 0 Å². The van der Waals surface area contributed by atoms with Crippen LogP contribution in [-0.4, -0.2) is 18.5 Å². The van der Waals surface area contributed by atoms with E-state index in [1.807, 2.05) is 0 Å². The van der Waals surface area contributed by atoms with Crippen LogP contribution in [-0.2, 0) is 40.8 Å².